The number of carbonyl (C=O) groups is 1. The van der Waals surface area contributed by atoms with Gasteiger partial charge in [0.2, 0.25) is 5.95 Å². The number of anilines is 3. The number of piperazine rings is 1. The number of aromatic nitrogens is 3. The lowest BCUT2D eigenvalue weighted by molar-refractivity contribution is 0.102. The highest BCUT2D eigenvalue weighted by Crippen LogP contribution is 2.17. The first-order valence-electron chi connectivity index (χ1n) is 8.89. The Labute approximate surface area is 157 Å². The van der Waals surface area contributed by atoms with Crippen molar-refractivity contribution in [1.82, 2.24) is 15.0 Å². The Kier molecular flexibility index (Phi) is 4.91. The Morgan fingerprint density at radius 2 is 1.52 bits per heavy atom. The van der Waals surface area contributed by atoms with E-state index in [9.17, 15) is 4.79 Å². The molecule has 136 valence electrons. The molecule has 2 aromatic heterocycles. The van der Waals surface area contributed by atoms with E-state index in [0.29, 0.717) is 5.56 Å². The van der Waals surface area contributed by atoms with Gasteiger partial charge in [-0.3, -0.25) is 4.79 Å². The van der Waals surface area contributed by atoms with Gasteiger partial charge >= 0.3 is 0 Å². The molecule has 0 bridgehead atoms. The minimum Gasteiger partial charge on any atom is -0.353 e. The maximum atomic E-state index is 12.3. The van der Waals surface area contributed by atoms with Gasteiger partial charge < -0.3 is 15.1 Å². The standard InChI is InChI=1S/C20H20N6O/c27-19(24-17-5-2-1-3-6-17)16-7-8-18(23-15-16)25-11-13-26(14-12-25)20-21-9-4-10-22-20/h1-10,15H,11-14H2,(H,24,27). The molecule has 1 amide bonds. The van der Waals surface area contributed by atoms with Crippen LogP contribution in [0, 0.1) is 0 Å². The van der Waals surface area contributed by atoms with E-state index in [2.05, 4.69) is 30.1 Å². The molecule has 4 rings (SSSR count). The summed E-state index contributed by atoms with van der Waals surface area (Å²) in [5.41, 5.74) is 1.31. The van der Waals surface area contributed by atoms with Crippen molar-refractivity contribution < 1.29 is 4.79 Å². The summed E-state index contributed by atoms with van der Waals surface area (Å²) >= 11 is 0. The fourth-order valence-electron chi connectivity index (χ4n) is 3.02. The highest BCUT2D eigenvalue weighted by atomic mass is 16.1. The Morgan fingerprint density at radius 1 is 0.815 bits per heavy atom. The molecule has 1 N–H and O–H groups in total. The largest absolute Gasteiger partial charge is 0.353 e. The van der Waals surface area contributed by atoms with Gasteiger partial charge in [0.25, 0.3) is 5.91 Å². The van der Waals surface area contributed by atoms with Crippen LogP contribution in [0.25, 0.3) is 0 Å². The van der Waals surface area contributed by atoms with Crippen LogP contribution in [-0.4, -0.2) is 47.0 Å². The molecule has 0 spiro atoms. The van der Waals surface area contributed by atoms with E-state index < -0.39 is 0 Å². The number of rotatable bonds is 4. The summed E-state index contributed by atoms with van der Waals surface area (Å²) in [5.74, 6) is 1.48. The molecule has 0 aliphatic carbocycles. The van der Waals surface area contributed by atoms with Crippen LogP contribution in [0.5, 0.6) is 0 Å². The first-order chi connectivity index (χ1) is 13.3. The molecule has 1 saturated heterocycles. The molecule has 3 heterocycles. The summed E-state index contributed by atoms with van der Waals surface area (Å²) < 4.78 is 0. The molecule has 7 heteroatoms. The van der Waals surface area contributed by atoms with Gasteiger partial charge in [-0.1, -0.05) is 18.2 Å². The number of pyridine rings is 1. The molecule has 3 aromatic rings. The first-order valence-corrected chi connectivity index (χ1v) is 8.89. The van der Waals surface area contributed by atoms with Gasteiger partial charge in [-0.05, 0) is 30.3 Å². The van der Waals surface area contributed by atoms with Crippen LogP contribution in [0.15, 0.2) is 67.1 Å². The molecule has 0 saturated carbocycles. The van der Waals surface area contributed by atoms with Gasteiger partial charge in [0.15, 0.2) is 0 Å². The summed E-state index contributed by atoms with van der Waals surface area (Å²) in [7, 11) is 0. The van der Waals surface area contributed by atoms with Gasteiger partial charge in [-0.2, -0.15) is 0 Å². The molecular weight excluding hydrogens is 340 g/mol. The Bertz CT molecular complexity index is 877. The average molecular weight is 360 g/mol. The van der Waals surface area contributed by atoms with E-state index in [4.69, 9.17) is 0 Å². The van der Waals surface area contributed by atoms with E-state index in [0.717, 1.165) is 43.6 Å². The van der Waals surface area contributed by atoms with Crippen molar-refractivity contribution in [2.45, 2.75) is 0 Å². The normalized spacial score (nSPS) is 14.1. The number of hydrogen-bond donors (Lipinski definition) is 1. The van der Waals surface area contributed by atoms with Crippen molar-refractivity contribution >= 4 is 23.4 Å². The summed E-state index contributed by atoms with van der Waals surface area (Å²) in [6.07, 6.45) is 5.14. The Balaban J connectivity index is 1.36. The fourth-order valence-corrected chi connectivity index (χ4v) is 3.02. The second kappa shape index (κ2) is 7.82. The molecule has 1 aliphatic heterocycles. The van der Waals surface area contributed by atoms with Gasteiger partial charge in [0.1, 0.15) is 5.82 Å². The van der Waals surface area contributed by atoms with Crippen molar-refractivity contribution in [3.8, 4) is 0 Å². The van der Waals surface area contributed by atoms with Crippen LogP contribution in [0.1, 0.15) is 10.4 Å². The molecule has 1 fully saturated rings. The van der Waals surface area contributed by atoms with E-state index in [1.165, 1.54) is 0 Å². The van der Waals surface area contributed by atoms with Crippen LogP contribution >= 0.6 is 0 Å². The number of nitrogens with zero attached hydrogens (tertiary/aromatic N) is 5. The maximum Gasteiger partial charge on any atom is 0.257 e. The lowest BCUT2D eigenvalue weighted by atomic mass is 10.2. The highest BCUT2D eigenvalue weighted by molar-refractivity contribution is 6.04. The van der Waals surface area contributed by atoms with E-state index >= 15 is 0 Å². The lowest BCUT2D eigenvalue weighted by Crippen LogP contribution is -2.47. The third kappa shape index (κ3) is 4.03. The zero-order chi connectivity index (χ0) is 18.5. The minimum atomic E-state index is -0.161. The molecule has 0 atom stereocenters. The third-order valence-corrected chi connectivity index (χ3v) is 4.48. The number of carbonyl (C=O) groups excluding carboxylic acids is 1. The van der Waals surface area contributed by atoms with Crippen LogP contribution < -0.4 is 15.1 Å². The smallest absolute Gasteiger partial charge is 0.257 e. The first kappa shape index (κ1) is 17.0. The second-order valence-electron chi connectivity index (χ2n) is 6.25. The van der Waals surface area contributed by atoms with Gasteiger partial charge in [-0.15, -0.1) is 0 Å². The number of nitrogens with one attached hydrogen (secondary N) is 1. The lowest BCUT2D eigenvalue weighted by Gasteiger charge is -2.35. The van der Waals surface area contributed by atoms with Crippen LogP contribution in [-0.2, 0) is 0 Å². The van der Waals surface area contributed by atoms with Crippen molar-refractivity contribution in [2.75, 3.05) is 41.3 Å². The Hall–Kier alpha value is -3.48. The molecule has 0 unspecified atom stereocenters. The van der Waals surface area contributed by atoms with Crippen molar-refractivity contribution in [2.24, 2.45) is 0 Å². The number of para-hydroxylation sites is 1. The zero-order valence-electron chi connectivity index (χ0n) is 14.8. The predicted octanol–water partition coefficient (Wildman–Crippen LogP) is 2.45. The molecule has 27 heavy (non-hydrogen) atoms. The van der Waals surface area contributed by atoms with Crippen molar-refractivity contribution in [3.05, 3.63) is 72.7 Å². The SMILES string of the molecule is O=C(Nc1ccccc1)c1ccc(N2CCN(c3ncccn3)CC2)nc1. The summed E-state index contributed by atoms with van der Waals surface area (Å²) in [5, 5.41) is 2.87. The summed E-state index contributed by atoms with van der Waals surface area (Å²) in [6, 6.07) is 14.9. The van der Waals surface area contributed by atoms with Gasteiger partial charge in [0.05, 0.1) is 5.56 Å². The molecule has 7 nitrogen and oxygen atoms in total. The maximum absolute atomic E-state index is 12.3. The summed E-state index contributed by atoms with van der Waals surface area (Å²) in [6.45, 7) is 3.34. The molecule has 1 aromatic carbocycles. The molecule has 1 aliphatic rings. The van der Waals surface area contributed by atoms with E-state index in [-0.39, 0.29) is 5.91 Å². The molecular formula is C20H20N6O. The predicted molar refractivity (Wildman–Crippen MR) is 105 cm³/mol. The van der Waals surface area contributed by atoms with Gasteiger partial charge in [-0.25, -0.2) is 15.0 Å². The zero-order valence-corrected chi connectivity index (χ0v) is 14.8. The minimum absolute atomic E-state index is 0.161. The van der Waals surface area contributed by atoms with Crippen LogP contribution in [0.3, 0.4) is 0 Å². The van der Waals surface area contributed by atoms with E-state index in [1.54, 1.807) is 18.6 Å². The average Bonchev–Trinajstić information content (AvgIpc) is 2.75. The number of hydrogen-bond acceptors (Lipinski definition) is 6. The molecule has 0 radical (unpaired) electrons. The number of amides is 1. The fraction of sp³-hybridized carbons (Fsp3) is 0.200. The van der Waals surface area contributed by atoms with Crippen LogP contribution in [0.2, 0.25) is 0 Å². The quantitative estimate of drug-likeness (QED) is 0.770. The van der Waals surface area contributed by atoms with E-state index in [1.807, 2.05) is 48.5 Å². The topological polar surface area (TPSA) is 74.2 Å². The van der Waals surface area contributed by atoms with Crippen molar-refractivity contribution in [1.29, 1.82) is 0 Å². The monoisotopic (exact) mass is 360 g/mol. The van der Waals surface area contributed by atoms with Crippen LogP contribution in [0.4, 0.5) is 17.5 Å². The van der Waals surface area contributed by atoms with Gasteiger partial charge in [0, 0.05) is 50.5 Å². The number of benzene rings is 1. The third-order valence-electron chi connectivity index (χ3n) is 4.48. The highest BCUT2D eigenvalue weighted by Gasteiger charge is 2.20. The Morgan fingerprint density at radius 3 is 2.19 bits per heavy atom. The van der Waals surface area contributed by atoms with Crippen molar-refractivity contribution in [3.63, 3.8) is 0 Å². The second-order valence-corrected chi connectivity index (χ2v) is 6.25. The summed E-state index contributed by atoms with van der Waals surface area (Å²) in [4.78, 5) is 29.8.